The Morgan fingerprint density at radius 2 is 0.822 bits per heavy atom. The molecule has 2 nitrogen and oxygen atoms in total. The van der Waals surface area contributed by atoms with Gasteiger partial charge >= 0.3 is 0 Å². The summed E-state index contributed by atoms with van der Waals surface area (Å²) in [4.78, 5) is 2.49. The van der Waals surface area contributed by atoms with Gasteiger partial charge in [0, 0.05) is 38.7 Å². The normalized spacial score (nSPS) is 13.5. The van der Waals surface area contributed by atoms with E-state index in [1.165, 1.54) is 82.9 Å². The van der Waals surface area contributed by atoms with Gasteiger partial charge in [0.15, 0.2) is 0 Å². The number of benzene rings is 11. The van der Waals surface area contributed by atoms with Crippen molar-refractivity contribution in [3.63, 3.8) is 0 Å². The lowest BCUT2D eigenvalue weighted by Crippen LogP contribution is -2.27. The molecule has 11 aromatic carbocycles. The quantitative estimate of drug-likeness (QED) is 0.171. The minimum absolute atomic E-state index is 0.0428. The minimum atomic E-state index is -0.554. The second-order valence-electron chi connectivity index (χ2n) is 22.4. The van der Waals surface area contributed by atoms with Crippen LogP contribution in [0, 0.1) is 0 Å². The highest BCUT2D eigenvalue weighted by atomic mass is 16.3. The summed E-state index contributed by atoms with van der Waals surface area (Å²) in [6.07, 6.45) is 0. The van der Waals surface area contributed by atoms with Crippen LogP contribution in [0.3, 0.4) is 0 Å². The van der Waals surface area contributed by atoms with Crippen LogP contribution in [0.5, 0.6) is 0 Å². The summed E-state index contributed by atoms with van der Waals surface area (Å²) in [7, 11) is 0. The third-order valence-electron chi connectivity index (χ3n) is 16.2. The molecule has 14 rings (SSSR count). The Kier molecular flexibility index (Phi) is 9.36. The molecule has 2 aliphatic rings. The lowest BCUT2D eigenvalue weighted by Gasteiger charge is -2.34. The molecule has 1 spiro atoms. The van der Waals surface area contributed by atoms with Gasteiger partial charge < -0.3 is 9.32 Å². The van der Waals surface area contributed by atoms with Crippen LogP contribution in [-0.2, 0) is 16.2 Å². The summed E-state index contributed by atoms with van der Waals surface area (Å²) in [5.74, 6) is 0. The second-order valence-corrected chi connectivity index (χ2v) is 22.4. The van der Waals surface area contributed by atoms with E-state index in [2.05, 4.69) is 271 Å². The maximum absolute atomic E-state index is 7.07. The molecule has 2 heteroatoms. The van der Waals surface area contributed by atoms with Gasteiger partial charge in [-0.1, -0.05) is 230 Å². The predicted molar refractivity (Wildman–Crippen MR) is 308 cm³/mol. The number of fused-ring (bicyclic) bond motifs is 16. The van der Waals surface area contributed by atoms with Gasteiger partial charge in [0.2, 0.25) is 0 Å². The highest BCUT2D eigenvalue weighted by molar-refractivity contribution is 6.18. The number of hydrogen-bond acceptors (Lipinski definition) is 2. The van der Waals surface area contributed by atoms with Crippen LogP contribution in [-0.4, -0.2) is 0 Å². The van der Waals surface area contributed by atoms with Crippen LogP contribution in [0.2, 0.25) is 0 Å². The van der Waals surface area contributed by atoms with Crippen molar-refractivity contribution in [2.45, 2.75) is 57.8 Å². The maximum atomic E-state index is 7.07. The van der Waals surface area contributed by atoms with E-state index < -0.39 is 5.41 Å². The van der Waals surface area contributed by atoms with E-state index in [1.807, 2.05) is 0 Å². The zero-order valence-electron chi connectivity index (χ0n) is 42.2. The Bertz CT molecular complexity index is 4160. The molecule has 350 valence electrons. The lowest BCUT2D eigenvalue weighted by molar-refractivity contribution is 0.586. The van der Waals surface area contributed by atoms with Gasteiger partial charge in [-0.25, -0.2) is 0 Å². The largest absolute Gasteiger partial charge is 0.455 e. The number of nitrogens with zero attached hydrogens (tertiary/aromatic N) is 1. The number of rotatable bonds is 5. The fourth-order valence-electron chi connectivity index (χ4n) is 12.6. The third-order valence-corrected chi connectivity index (χ3v) is 16.2. The SMILES string of the molecule is CC(C)(C)c1ccc2c(c1)C1(c3ccccc3-c3ccc(N(c4ccc(-c5cccc6ccccc56)cc4)c4ccccc4-c4cccc5c4oc4c6ccccc6ccc54)cc31)c1cc(C(C)(C)C)ccc1-2. The molecule has 1 heterocycles. The Morgan fingerprint density at radius 3 is 1.53 bits per heavy atom. The van der Waals surface area contributed by atoms with Crippen molar-refractivity contribution in [2.75, 3.05) is 4.90 Å². The van der Waals surface area contributed by atoms with E-state index in [4.69, 9.17) is 4.42 Å². The topological polar surface area (TPSA) is 16.4 Å². The Labute approximate surface area is 427 Å². The van der Waals surface area contributed by atoms with E-state index in [0.717, 1.165) is 55.5 Å². The fraction of sp³-hybridized carbons (Fsp3) is 0.127. The van der Waals surface area contributed by atoms with Crippen molar-refractivity contribution in [2.24, 2.45) is 0 Å². The zero-order chi connectivity index (χ0) is 49.4. The molecule has 1 aromatic heterocycles. The smallest absolute Gasteiger partial charge is 0.143 e. The average Bonchev–Trinajstić information content (AvgIpc) is 4.05. The van der Waals surface area contributed by atoms with Gasteiger partial charge in [0.1, 0.15) is 11.2 Å². The van der Waals surface area contributed by atoms with E-state index in [0.29, 0.717) is 0 Å². The van der Waals surface area contributed by atoms with Gasteiger partial charge in [0.05, 0.1) is 11.1 Å². The molecule has 0 aliphatic heterocycles. The summed E-state index contributed by atoms with van der Waals surface area (Å²) in [5, 5.41) is 7.01. The first-order chi connectivity index (χ1) is 35.5. The lowest BCUT2D eigenvalue weighted by atomic mass is 9.68. The highest BCUT2D eigenvalue weighted by Gasteiger charge is 2.52. The summed E-state index contributed by atoms with van der Waals surface area (Å²) >= 11 is 0. The van der Waals surface area contributed by atoms with Crippen LogP contribution in [0.25, 0.3) is 88.0 Å². The van der Waals surface area contributed by atoms with Gasteiger partial charge in [0.25, 0.3) is 0 Å². The van der Waals surface area contributed by atoms with E-state index >= 15 is 0 Å². The maximum Gasteiger partial charge on any atom is 0.143 e. The molecule has 0 radical (unpaired) electrons. The second kappa shape index (κ2) is 15.8. The molecule has 12 aromatic rings. The van der Waals surface area contributed by atoms with E-state index in [9.17, 15) is 0 Å². The molecule has 0 saturated heterocycles. The molecule has 73 heavy (non-hydrogen) atoms. The number of furan rings is 1. The van der Waals surface area contributed by atoms with Crippen molar-refractivity contribution < 1.29 is 4.42 Å². The highest BCUT2D eigenvalue weighted by Crippen LogP contribution is 2.64. The zero-order valence-corrected chi connectivity index (χ0v) is 42.2. The van der Waals surface area contributed by atoms with Crippen molar-refractivity contribution in [1.29, 1.82) is 0 Å². The molecule has 0 N–H and O–H groups in total. The fourth-order valence-corrected chi connectivity index (χ4v) is 12.6. The standard InChI is InChI=1S/C71H55NO/c1-69(2,3)47-32-38-55-56-39-33-48(70(4,5)6)42-64(56)71(63(55)41-47)62-27-13-11-22-54(62)57-40-36-50(43-65(57)71)72(49-34-29-46(30-35-49)52-24-15-19-44-17-7-9-20-51(44)52)66-28-14-12-23-58(66)59-25-16-26-60-61-37-31-45-18-8-10-21-53(45)67(61)73-68(59)60/h7-43H,1-6H3. The molecule has 0 fully saturated rings. The molecular weight excluding hydrogens is 883 g/mol. The van der Waals surface area contributed by atoms with Crippen LogP contribution < -0.4 is 4.90 Å². The van der Waals surface area contributed by atoms with Crippen LogP contribution in [0.15, 0.2) is 229 Å². The van der Waals surface area contributed by atoms with Gasteiger partial charge in [-0.05, 0) is 130 Å². The van der Waals surface area contributed by atoms with E-state index in [1.54, 1.807) is 0 Å². The molecular formula is C71H55NO. The Hall–Kier alpha value is -8.46. The van der Waals surface area contributed by atoms with Crippen molar-refractivity contribution in [1.82, 2.24) is 0 Å². The summed E-state index contributed by atoms with van der Waals surface area (Å²) in [6, 6.07) is 84.1. The number of hydrogen-bond donors (Lipinski definition) is 0. The average molecular weight is 938 g/mol. The van der Waals surface area contributed by atoms with Crippen LogP contribution in [0.4, 0.5) is 17.1 Å². The van der Waals surface area contributed by atoms with Gasteiger partial charge in [-0.3, -0.25) is 0 Å². The first-order valence-electron chi connectivity index (χ1n) is 25.8. The van der Waals surface area contributed by atoms with Crippen molar-refractivity contribution in [3.8, 4) is 44.5 Å². The predicted octanol–water partition coefficient (Wildman–Crippen LogP) is 19.6. The molecule has 0 bridgehead atoms. The Morgan fingerprint density at radius 1 is 0.329 bits per heavy atom. The number of anilines is 3. The van der Waals surface area contributed by atoms with Crippen LogP contribution in [0.1, 0.15) is 74.9 Å². The molecule has 0 amide bonds. The first kappa shape index (κ1) is 43.3. The first-order valence-corrected chi connectivity index (χ1v) is 25.8. The summed E-state index contributed by atoms with van der Waals surface area (Å²) in [6.45, 7) is 14.0. The van der Waals surface area contributed by atoms with Gasteiger partial charge in [-0.2, -0.15) is 0 Å². The minimum Gasteiger partial charge on any atom is -0.455 e. The summed E-state index contributed by atoms with van der Waals surface area (Å²) in [5.41, 5.74) is 22.2. The Balaban J connectivity index is 1.04. The van der Waals surface area contributed by atoms with Crippen molar-refractivity contribution in [3.05, 3.63) is 258 Å². The molecule has 0 atom stereocenters. The molecule has 0 unspecified atom stereocenters. The van der Waals surface area contributed by atoms with Crippen molar-refractivity contribution >= 4 is 60.5 Å². The van der Waals surface area contributed by atoms with E-state index in [-0.39, 0.29) is 10.8 Å². The molecule has 2 aliphatic carbocycles. The summed E-state index contributed by atoms with van der Waals surface area (Å²) < 4.78 is 7.07. The van der Waals surface area contributed by atoms with Gasteiger partial charge in [-0.15, -0.1) is 0 Å². The monoisotopic (exact) mass is 937 g/mol. The third kappa shape index (κ3) is 6.42. The van der Waals surface area contributed by atoms with Crippen LogP contribution >= 0.6 is 0 Å². The molecule has 0 saturated carbocycles. The number of para-hydroxylation sites is 2.